The molecule has 19 heavy (non-hydrogen) atoms. The van der Waals surface area contributed by atoms with E-state index in [1.807, 2.05) is 0 Å². The minimum Gasteiger partial charge on any atom is -0.493 e. The van der Waals surface area contributed by atoms with Crippen molar-refractivity contribution in [2.75, 3.05) is 6.61 Å². The van der Waals surface area contributed by atoms with Crippen molar-refractivity contribution < 1.29 is 4.74 Å². The second-order valence-corrected chi connectivity index (χ2v) is 5.60. The summed E-state index contributed by atoms with van der Waals surface area (Å²) in [5, 5.41) is 0. The van der Waals surface area contributed by atoms with Crippen LogP contribution in [0.25, 0.3) is 0 Å². The van der Waals surface area contributed by atoms with Gasteiger partial charge in [-0.05, 0) is 68.2 Å². The van der Waals surface area contributed by atoms with E-state index in [4.69, 9.17) is 10.5 Å². The molecule has 0 aromatic heterocycles. The molecule has 0 saturated heterocycles. The molecule has 0 bridgehead atoms. The summed E-state index contributed by atoms with van der Waals surface area (Å²) in [4.78, 5) is 0. The number of benzene rings is 1. The first-order valence-corrected chi connectivity index (χ1v) is 7.09. The van der Waals surface area contributed by atoms with Crippen molar-refractivity contribution in [3.63, 3.8) is 0 Å². The second kappa shape index (κ2) is 7.16. The van der Waals surface area contributed by atoms with Crippen molar-refractivity contribution in [1.82, 2.24) is 0 Å². The Morgan fingerprint density at radius 1 is 1.26 bits per heavy atom. The molecule has 1 fully saturated rings. The average Bonchev–Trinajstić information content (AvgIpc) is 3.18. The summed E-state index contributed by atoms with van der Waals surface area (Å²) in [7, 11) is 0. The number of hydrogen-bond acceptors (Lipinski definition) is 2. The normalized spacial score (nSPS) is 15.8. The smallest absolute Gasteiger partial charge is 0.122 e. The van der Waals surface area contributed by atoms with Crippen LogP contribution in [0.5, 0.6) is 5.75 Å². The summed E-state index contributed by atoms with van der Waals surface area (Å²) in [5.74, 6) is 1.85. The van der Waals surface area contributed by atoms with Gasteiger partial charge in [0.2, 0.25) is 0 Å². The van der Waals surface area contributed by atoms with Gasteiger partial charge in [0, 0.05) is 6.04 Å². The molecule has 1 unspecified atom stereocenters. The van der Waals surface area contributed by atoms with E-state index in [0.717, 1.165) is 31.1 Å². The molecule has 1 aliphatic rings. The molecule has 3 heteroatoms. The standard InChI is InChI=1S/C16H25NO.ClH/c1-4-15(17)9-14-7-8-16(12(3)11(14)2)18-10-13-5-6-13;/h7-8,13,15H,4-6,9-10,17H2,1-3H3;1H. The predicted octanol–water partition coefficient (Wildman–Crippen LogP) is 3.79. The lowest BCUT2D eigenvalue weighted by molar-refractivity contribution is 0.297. The van der Waals surface area contributed by atoms with Crippen molar-refractivity contribution in [1.29, 1.82) is 0 Å². The van der Waals surface area contributed by atoms with Crippen LogP contribution in [-0.4, -0.2) is 12.6 Å². The molecular weight excluding hydrogens is 258 g/mol. The van der Waals surface area contributed by atoms with Crippen LogP contribution in [0, 0.1) is 19.8 Å². The molecular formula is C16H26ClNO. The van der Waals surface area contributed by atoms with Gasteiger partial charge in [-0.3, -0.25) is 0 Å². The Morgan fingerprint density at radius 3 is 2.53 bits per heavy atom. The maximum Gasteiger partial charge on any atom is 0.122 e. The molecule has 1 saturated carbocycles. The first-order chi connectivity index (χ1) is 8.61. The monoisotopic (exact) mass is 283 g/mol. The Kier molecular flexibility index (Phi) is 6.15. The molecule has 1 atom stereocenters. The molecule has 0 heterocycles. The van der Waals surface area contributed by atoms with Crippen LogP contribution in [-0.2, 0) is 6.42 Å². The maximum atomic E-state index is 6.04. The number of nitrogens with two attached hydrogens (primary N) is 1. The number of hydrogen-bond donors (Lipinski definition) is 1. The van der Waals surface area contributed by atoms with Gasteiger partial charge in [0.1, 0.15) is 5.75 Å². The Morgan fingerprint density at radius 2 is 1.95 bits per heavy atom. The van der Waals surface area contributed by atoms with Crippen molar-refractivity contribution in [3.05, 3.63) is 28.8 Å². The van der Waals surface area contributed by atoms with Crippen molar-refractivity contribution >= 4 is 12.4 Å². The van der Waals surface area contributed by atoms with Gasteiger partial charge in [-0.2, -0.15) is 0 Å². The lowest BCUT2D eigenvalue weighted by Crippen LogP contribution is -2.22. The zero-order valence-corrected chi connectivity index (χ0v) is 13.1. The van der Waals surface area contributed by atoms with Crippen LogP contribution in [0.1, 0.15) is 42.9 Å². The number of rotatable bonds is 6. The van der Waals surface area contributed by atoms with Crippen LogP contribution in [0.3, 0.4) is 0 Å². The fourth-order valence-electron chi connectivity index (χ4n) is 2.15. The summed E-state index contributed by atoms with van der Waals surface area (Å²) in [6, 6.07) is 4.56. The molecule has 2 nitrogen and oxygen atoms in total. The van der Waals surface area contributed by atoms with E-state index in [1.165, 1.54) is 29.5 Å². The number of halogens is 1. The third-order valence-corrected chi connectivity index (χ3v) is 4.03. The highest BCUT2D eigenvalue weighted by molar-refractivity contribution is 5.85. The minimum atomic E-state index is 0. The molecule has 0 radical (unpaired) electrons. The molecule has 1 aromatic rings. The van der Waals surface area contributed by atoms with E-state index in [9.17, 15) is 0 Å². The molecule has 1 aliphatic carbocycles. The van der Waals surface area contributed by atoms with Crippen LogP contribution in [0.4, 0.5) is 0 Å². The van der Waals surface area contributed by atoms with E-state index >= 15 is 0 Å². The highest BCUT2D eigenvalue weighted by atomic mass is 35.5. The third kappa shape index (κ3) is 4.39. The van der Waals surface area contributed by atoms with Gasteiger partial charge in [-0.1, -0.05) is 13.0 Å². The quantitative estimate of drug-likeness (QED) is 0.862. The molecule has 108 valence electrons. The van der Waals surface area contributed by atoms with Crippen molar-refractivity contribution in [3.8, 4) is 5.75 Å². The molecule has 2 N–H and O–H groups in total. The van der Waals surface area contributed by atoms with Crippen LogP contribution < -0.4 is 10.5 Å². The maximum absolute atomic E-state index is 6.04. The van der Waals surface area contributed by atoms with Crippen molar-refractivity contribution in [2.24, 2.45) is 11.7 Å². The van der Waals surface area contributed by atoms with E-state index in [-0.39, 0.29) is 18.4 Å². The highest BCUT2D eigenvalue weighted by Gasteiger charge is 2.22. The first-order valence-electron chi connectivity index (χ1n) is 7.09. The van der Waals surface area contributed by atoms with Gasteiger partial charge >= 0.3 is 0 Å². The third-order valence-electron chi connectivity index (χ3n) is 4.03. The predicted molar refractivity (Wildman–Crippen MR) is 83.4 cm³/mol. The van der Waals surface area contributed by atoms with Gasteiger partial charge in [0.15, 0.2) is 0 Å². The molecule has 0 amide bonds. The summed E-state index contributed by atoms with van der Waals surface area (Å²) >= 11 is 0. The van der Waals surface area contributed by atoms with Crippen LogP contribution >= 0.6 is 12.4 Å². The van der Waals surface area contributed by atoms with Gasteiger partial charge in [-0.15, -0.1) is 12.4 Å². The highest BCUT2D eigenvalue weighted by Crippen LogP contribution is 2.31. The SMILES string of the molecule is CCC(N)Cc1ccc(OCC2CC2)c(C)c1C.Cl. The first kappa shape index (κ1) is 16.3. The van der Waals surface area contributed by atoms with Gasteiger partial charge in [0.05, 0.1) is 6.61 Å². The van der Waals surface area contributed by atoms with E-state index in [1.54, 1.807) is 0 Å². The van der Waals surface area contributed by atoms with E-state index < -0.39 is 0 Å². The van der Waals surface area contributed by atoms with E-state index in [0.29, 0.717) is 0 Å². The Labute approximate surface area is 123 Å². The zero-order chi connectivity index (χ0) is 13.1. The zero-order valence-electron chi connectivity index (χ0n) is 12.2. The van der Waals surface area contributed by atoms with E-state index in [2.05, 4.69) is 32.9 Å². The molecule has 2 rings (SSSR count). The Balaban J connectivity index is 0.00000180. The molecule has 0 spiro atoms. The summed E-state index contributed by atoms with van der Waals surface area (Å²) in [6.07, 6.45) is 4.66. The van der Waals surface area contributed by atoms with Gasteiger partial charge in [0.25, 0.3) is 0 Å². The lowest BCUT2D eigenvalue weighted by Gasteiger charge is -2.16. The Hall–Kier alpha value is -0.730. The van der Waals surface area contributed by atoms with Crippen LogP contribution in [0.15, 0.2) is 12.1 Å². The fraction of sp³-hybridized carbons (Fsp3) is 0.625. The summed E-state index contributed by atoms with van der Waals surface area (Å²) in [5.41, 5.74) is 10.0. The van der Waals surface area contributed by atoms with Gasteiger partial charge < -0.3 is 10.5 Å². The molecule has 0 aliphatic heterocycles. The summed E-state index contributed by atoms with van der Waals surface area (Å²) in [6.45, 7) is 7.35. The number of ether oxygens (including phenoxy) is 1. The Bertz CT molecular complexity index is 415. The van der Waals surface area contributed by atoms with Gasteiger partial charge in [-0.25, -0.2) is 0 Å². The second-order valence-electron chi connectivity index (χ2n) is 5.60. The average molecular weight is 284 g/mol. The minimum absolute atomic E-state index is 0. The lowest BCUT2D eigenvalue weighted by atomic mass is 9.96. The fourth-order valence-corrected chi connectivity index (χ4v) is 2.15. The van der Waals surface area contributed by atoms with Crippen molar-refractivity contribution in [2.45, 2.75) is 52.5 Å². The molecule has 1 aromatic carbocycles. The largest absolute Gasteiger partial charge is 0.493 e. The van der Waals surface area contributed by atoms with Crippen LogP contribution in [0.2, 0.25) is 0 Å². The summed E-state index contributed by atoms with van der Waals surface area (Å²) < 4.78 is 5.90. The topological polar surface area (TPSA) is 35.2 Å².